The minimum atomic E-state index is -0.505. The van der Waals surface area contributed by atoms with Crippen LogP contribution in [0.1, 0.15) is 23.0 Å². The summed E-state index contributed by atoms with van der Waals surface area (Å²) < 4.78 is 6.43. The van der Waals surface area contributed by atoms with E-state index in [1.54, 1.807) is 27.0 Å². The van der Waals surface area contributed by atoms with Crippen LogP contribution in [0.2, 0.25) is 0 Å². The summed E-state index contributed by atoms with van der Waals surface area (Å²) in [5, 5.41) is 12.0. The molecule has 112 valence electrons. The summed E-state index contributed by atoms with van der Waals surface area (Å²) in [7, 11) is 1.65. The van der Waals surface area contributed by atoms with Gasteiger partial charge >= 0.3 is 12.0 Å². The minimum absolute atomic E-state index is 0.258. The van der Waals surface area contributed by atoms with E-state index >= 15 is 0 Å². The second-order valence-electron chi connectivity index (χ2n) is 4.21. The standard InChI is InChI=1S/C13H16N4O3S/c1-4-20-12(18)10-8(2)16-17(3)11(10)15-13(19)14-9-6-5-7-21-9/h5-7H,4H2,1-3H3,(H2,14,15,19). The molecule has 0 saturated heterocycles. The van der Waals surface area contributed by atoms with Gasteiger partial charge in [-0.15, -0.1) is 11.3 Å². The van der Waals surface area contributed by atoms with Crippen LogP contribution in [0.4, 0.5) is 15.6 Å². The monoisotopic (exact) mass is 308 g/mol. The fraction of sp³-hybridized carbons (Fsp3) is 0.308. The summed E-state index contributed by atoms with van der Waals surface area (Å²) in [5.74, 6) is -0.200. The zero-order valence-electron chi connectivity index (χ0n) is 12.0. The Labute approximate surface area is 125 Å². The summed E-state index contributed by atoms with van der Waals surface area (Å²) in [6.07, 6.45) is 0. The number of thiophene rings is 1. The Morgan fingerprint density at radius 1 is 1.43 bits per heavy atom. The summed E-state index contributed by atoms with van der Waals surface area (Å²) in [6, 6.07) is 3.18. The van der Waals surface area contributed by atoms with E-state index in [4.69, 9.17) is 4.74 Å². The zero-order valence-corrected chi connectivity index (χ0v) is 12.8. The second-order valence-corrected chi connectivity index (χ2v) is 5.16. The molecule has 0 aromatic carbocycles. The van der Waals surface area contributed by atoms with E-state index in [0.717, 1.165) is 0 Å². The number of ether oxygens (including phenoxy) is 1. The SMILES string of the molecule is CCOC(=O)c1c(C)nn(C)c1NC(=O)Nc1cccs1. The number of carbonyl (C=O) groups excluding carboxylic acids is 2. The number of hydrogen-bond acceptors (Lipinski definition) is 5. The number of nitrogens with zero attached hydrogens (tertiary/aromatic N) is 2. The third-order valence-corrected chi connectivity index (χ3v) is 3.48. The third kappa shape index (κ3) is 3.40. The van der Waals surface area contributed by atoms with Crippen LogP contribution in [0.15, 0.2) is 17.5 Å². The number of anilines is 2. The van der Waals surface area contributed by atoms with Crippen molar-refractivity contribution in [2.45, 2.75) is 13.8 Å². The summed E-state index contributed by atoms with van der Waals surface area (Å²) in [5.41, 5.74) is 0.767. The molecule has 0 fully saturated rings. The predicted molar refractivity (Wildman–Crippen MR) is 80.9 cm³/mol. The Morgan fingerprint density at radius 3 is 2.81 bits per heavy atom. The molecule has 0 spiro atoms. The van der Waals surface area contributed by atoms with Gasteiger partial charge in [-0.3, -0.25) is 15.3 Å². The van der Waals surface area contributed by atoms with Crippen molar-refractivity contribution in [2.24, 2.45) is 7.05 Å². The molecular formula is C13H16N4O3S. The van der Waals surface area contributed by atoms with Crippen molar-refractivity contribution in [1.29, 1.82) is 0 Å². The van der Waals surface area contributed by atoms with E-state index < -0.39 is 12.0 Å². The maximum Gasteiger partial charge on any atom is 0.343 e. The highest BCUT2D eigenvalue weighted by Crippen LogP contribution is 2.21. The number of aromatic nitrogens is 2. The van der Waals surface area contributed by atoms with E-state index in [-0.39, 0.29) is 12.2 Å². The maximum atomic E-state index is 12.0. The number of nitrogens with one attached hydrogen (secondary N) is 2. The van der Waals surface area contributed by atoms with E-state index in [9.17, 15) is 9.59 Å². The van der Waals surface area contributed by atoms with Gasteiger partial charge in [0.1, 0.15) is 11.4 Å². The first-order valence-corrected chi connectivity index (χ1v) is 7.23. The fourth-order valence-electron chi connectivity index (χ4n) is 1.85. The largest absolute Gasteiger partial charge is 0.462 e. The van der Waals surface area contributed by atoms with Crippen LogP contribution in [0.25, 0.3) is 0 Å². The minimum Gasteiger partial charge on any atom is -0.462 e. The summed E-state index contributed by atoms with van der Waals surface area (Å²) in [6.45, 7) is 3.67. The molecule has 8 heteroatoms. The summed E-state index contributed by atoms with van der Waals surface area (Å²) in [4.78, 5) is 23.9. The van der Waals surface area contributed by atoms with Gasteiger partial charge in [0.25, 0.3) is 0 Å². The van der Waals surface area contributed by atoms with Crippen molar-refractivity contribution in [1.82, 2.24) is 9.78 Å². The van der Waals surface area contributed by atoms with E-state index in [1.807, 2.05) is 11.4 Å². The molecule has 21 heavy (non-hydrogen) atoms. The molecule has 2 aromatic heterocycles. The number of amides is 2. The van der Waals surface area contributed by atoms with Crippen molar-refractivity contribution >= 4 is 34.2 Å². The van der Waals surface area contributed by atoms with Gasteiger partial charge in [0.15, 0.2) is 0 Å². The molecule has 0 aliphatic carbocycles. The Hall–Kier alpha value is -2.35. The molecule has 0 unspecified atom stereocenters. The molecule has 2 amide bonds. The molecule has 0 aliphatic heterocycles. The molecular weight excluding hydrogens is 292 g/mol. The third-order valence-electron chi connectivity index (χ3n) is 2.69. The molecule has 2 rings (SSSR count). The maximum absolute atomic E-state index is 12.0. The molecule has 0 saturated carbocycles. The van der Waals surface area contributed by atoms with Crippen molar-refractivity contribution in [2.75, 3.05) is 17.2 Å². The van der Waals surface area contributed by atoms with E-state index in [2.05, 4.69) is 15.7 Å². The Kier molecular flexibility index (Phi) is 4.59. The Balaban J connectivity index is 2.19. The molecule has 0 radical (unpaired) electrons. The average molecular weight is 308 g/mol. The average Bonchev–Trinajstić information content (AvgIpc) is 2.99. The number of hydrogen-bond donors (Lipinski definition) is 2. The normalized spacial score (nSPS) is 10.2. The predicted octanol–water partition coefficient (Wildman–Crippen LogP) is 2.61. The van der Waals surface area contributed by atoms with Gasteiger partial charge in [0, 0.05) is 7.05 Å². The van der Waals surface area contributed by atoms with Crippen molar-refractivity contribution < 1.29 is 14.3 Å². The first-order valence-electron chi connectivity index (χ1n) is 6.35. The van der Waals surface area contributed by atoms with Gasteiger partial charge < -0.3 is 4.74 Å². The zero-order chi connectivity index (χ0) is 15.4. The fourth-order valence-corrected chi connectivity index (χ4v) is 2.46. The molecule has 0 aliphatic rings. The number of aryl methyl sites for hydroxylation is 2. The van der Waals surface area contributed by atoms with E-state index in [0.29, 0.717) is 16.5 Å². The molecule has 7 nitrogen and oxygen atoms in total. The molecule has 2 aromatic rings. The highest BCUT2D eigenvalue weighted by Gasteiger charge is 2.23. The molecule has 0 atom stereocenters. The van der Waals surface area contributed by atoms with Crippen LogP contribution in [-0.4, -0.2) is 28.4 Å². The van der Waals surface area contributed by atoms with Crippen LogP contribution in [0.3, 0.4) is 0 Å². The van der Waals surface area contributed by atoms with Crippen LogP contribution < -0.4 is 10.6 Å². The Morgan fingerprint density at radius 2 is 2.19 bits per heavy atom. The number of urea groups is 1. The highest BCUT2D eigenvalue weighted by molar-refractivity contribution is 7.14. The van der Waals surface area contributed by atoms with Gasteiger partial charge in [-0.1, -0.05) is 0 Å². The quantitative estimate of drug-likeness (QED) is 0.850. The Bertz CT molecular complexity index is 649. The lowest BCUT2D eigenvalue weighted by molar-refractivity contribution is 0.0526. The lowest BCUT2D eigenvalue weighted by Gasteiger charge is -2.08. The van der Waals surface area contributed by atoms with Gasteiger partial charge in [-0.2, -0.15) is 5.10 Å². The smallest absolute Gasteiger partial charge is 0.343 e. The highest BCUT2D eigenvalue weighted by atomic mass is 32.1. The number of esters is 1. The number of carbonyl (C=O) groups is 2. The van der Waals surface area contributed by atoms with Crippen LogP contribution in [-0.2, 0) is 11.8 Å². The van der Waals surface area contributed by atoms with Crippen LogP contribution >= 0.6 is 11.3 Å². The lowest BCUT2D eigenvalue weighted by Crippen LogP contribution is -2.22. The van der Waals surface area contributed by atoms with Crippen molar-refractivity contribution in [3.63, 3.8) is 0 Å². The first kappa shape index (κ1) is 15.0. The van der Waals surface area contributed by atoms with E-state index in [1.165, 1.54) is 16.0 Å². The van der Waals surface area contributed by atoms with Gasteiger partial charge in [0.05, 0.1) is 17.3 Å². The van der Waals surface area contributed by atoms with Crippen molar-refractivity contribution in [3.8, 4) is 0 Å². The summed E-state index contributed by atoms with van der Waals surface area (Å²) >= 11 is 1.40. The van der Waals surface area contributed by atoms with Gasteiger partial charge in [-0.05, 0) is 31.4 Å². The topological polar surface area (TPSA) is 85.2 Å². The molecule has 2 N–H and O–H groups in total. The lowest BCUT2D eigenvalue weighted by atomic mass is 10.2. The number of rotatable bonds is 4. The van der Waals surface area contributed by atoms with Crippen molar-refractivity contribution in [3.05, 3.63) is 28.8 Å². The molecule has 0 bridgehead atoms. The van der Waals surface area contributed by atoms with Gasteiger partial charge in [-0.25, -0.2) is 9.59 Å². The molecule has 2 heterocycles. The van der Waals surface area contributed by atoms with Crippen LogP contribution in [0, 0.1) is 6.92 Å². The second kappa shape index (κ2) is 6.40. The van der Waals surface area contributed by atoms with Crippen LogP contribution in [0.5, 0.6) is 0 Å². The first-order chi connectivity index (χ1) is 10.0. The van der Waals surface area contributed by atoms with Gasteiger partial charge in [0.2, 0.25) is 0 Å².